The number of hydrogen-bond donors (Lipinski definition) is 1. The smallest absolute Gasteiger partial charge is 0.123 e. The number of pyridine rings is 1. The maximum atomic E-state index is 14.0. The normalized spacial score (nSPS) is 23.6. The third-order valence-corrected chi connectivity index (χ3v) is 6.69. The van der Waals surface area contributed by atoms with Crippen LogP contribution in [0, 0.1) is 11.7 Å². The molecule has 30 heavy (non-hydrogen) atoms. The first-order valence-corrected chi connectivity index (χ1v) is 11.0. The van der Waals surface area contributed by atoms with Crippen molar-refractivity contribution < 1.29 is 4.39 Å². The van der Waals surface area contributed by atoms with Crippen LogP contribution in [0.4, 0.5) is 4.39 Å². The van der Waals surface area contributed by atoms with Gasteiger partial charge in [-0.05, 0) is 54.2 Å². The summed E-state index contributed by atoms with van der Waals surface area (Å²) in [4.78, 5) is 10.4. The quantitative estimate of drug-likeness (QED) is 0.530. The van der Waals surface area contributed by atoms with Gasteiger partial charge in [0.15, 0.2) is 0 Å². The second kappa shape index (κ2) is 8.19. The maximum Gasteiger partial charge on any atom is 0.123 e. The van der Waals surface area contributed by atoms with Gasteiger partial charge in [0.2, 0.25) is 0 Å². The first kappa shape index (κ1) is 19.3. The summed E-state index contributed by atoms with van der Waals surface area (Å²) in [6, 6.07) is 11.4. The Morgan fingerprint density at radius 2 is 2.03 bits per heavy atom. The highest BCUT2D eigenvalue weighted by molar-refractivity contribution is 5.84. The highest BCUT2D eigenvalue weighted by Crippen LogP contribution is 2.47. The van der Waals surface area contributed by atoms with Crippen LogP contribution in [0.3, 0.4) is 0 Å². The van der Waals surface area contributed by atoms with Crippen molar-refractivity contribution >= 4 is 0 Å². The lowest BCUT2D eigenvalue weighted by molar-refractivity contribution is 0.272. The van der Waals surface area contributed by atoms with E-state index in [1.807, 2.05) is 18.5 Å². The van der Waals surface area contributed by atoms with E-state index in [1.54, 1.807) is 12.1 Å². The molecule has 0 amide bonds. The molecular weight excluding hydrogens is 373 g/mol. The predicted molar refractivity (Wildman–Crippen MR) is 120 cm³/mol. The SMILES string of the molecule is CCCC1CN2CCC=CC2C1c1c[nH]c(-c2cccc(F)c2)c1-c1ccncc1. The largest absolute Gasteiger partial charge is 0.360 e. The fourth-order valence-corrected chi connectivity index (χ4v) is 5.48. The van der Waals surface area contributed by atoms with Gasteiger partial charge in [-0.1, -0.05) is 37.6 Å². The van der Waals surface area contributed by atoms with E-state index >= 15 is 0 Å². The average molecular weight is 402 g/mol. The topological polar surface area (TPSA) is 31.9 Å². The third kappa shape index (κ3) is 3.39. The Labute approximate surface area is 177 Å². The monoisotopic (exact) mass is 401 g/mol. The van der Waals surface area contributed by atoms with Crippen LogP contribution < -0.4 is 0 Å². The molecule has 3 unspecified atom stereocenters. The molecule has 1 fully saturated rings. The van der Waals surface area contributed by atoms with E-state index < -0.39 is 0 Å². The molecule has 5 rings (SSSR count). The van der Waals surface area contributed by atoms with Gasteiger partial charge < -0.3 is 4.98 Å². The van der Waals surface area contributed by atoms with Crippen molar-refractivity contribution in [1.29, 1.82) is 0 Å². The van der Waals surface area contributed by atoms with Gasteiger partial charge in [0.25, 0.3) is 0 Å². The van der Waals surface area contributed by atoms with Gasteiger partial charge in [-0.3, -0.25) is 9.88 Å². The first-order chi connectivity index (χ1) is 14.8. The molecule has 4 heteroatoms. The zero-order chi connectivity index (χ0) is 20.5. The lowest BCUT2D eigenvalue weighted by Crippen LogP contribution is -2.33. The summed E-state index contributed by atoms with van der Waals surface area (Å²) in [7, 11) is 0. The van der Waals surface area contributed by atoms with Crippen molar-refractivity contribution in [3.05, 3.63) is 78.5 Å². The number of hydrogen-bond acceptors (Lipinski definition) is 2. The van der Waals surface area contributed by atoms with Crippen LogP contribution in [0.5, 0.6) is 0 Å². The van der Waals surface area contributed by atoms with Crippen molar-refractivity contribution in [2.24, 2.45) is 5.92 Å². The van der Waals surface area contributed by atoms with Gasteiger partial charge in [0.1, 0.15) is 5.82 Å². The summed E-state index contributed by atoms with van der Waals surface area (Å²) < 4.78 is 14.0. The van der Waals surface area contributed by atoms with Crippen LogP contribution in [0.1, 0.15) is 37.7 Å². The van der Waals surface area contributed by atoms with Crippen molar-refractivity contribution in [1.82, 2.24) is 14.9 Å². The molecule has 3 atom stereocenters. The lowest BCUT2D eigenvalue weighted by Gasteiger charge is -2.29. The van der Waals surface area contributed by atoms with Gasteiger partial charge in [-0.25, -0.2) is 4.39 Å². The number of aromatic nitrogens is 2. The molecule has 0 aliphatic carbocycles. The first-order valence-electron chi connectivity index (χ1n) is 11.0. The van der Waals surface area contributed by atoms with Crippen molar-refractivity contribution in [2.45, 2.75) is 38.1 Å². The minimum Gasteiger partial charge on any atom is -0.360 e. The standard InChI is InChI=1S/C26H28FN3/c1-2-6-20-17-30-14-4-3-9-23(30)24(20)22-16-29-26(19-7-5-8-21(27)15-19)25(22)18-10-12-28-13-11-18/h3,5,7-13,15-16,20,23-24,29H,2,4,6,14,17H2,1H3. The molecule has 0 bridgehead atoms. The van der Waals surface area contributed by atoms with Crippen LogP contribution in [-0.4, -0.2) is 34.0 Å². The van der Waals surface area contributed by atoms with Crippen LogP contribution in [-0.2, 0) is 0 Å². The molecule has 4 heterocycles. The second-order valence-corrected chi connectivity index (χ2v) is 8.52. The number of aromatic amines is 1. The second-order valence-electron chi connectivity index (χ2n) is 8.52. The molecule has 1 N–H and O–H groups in total. The number of nitrogens with one attached hydrogen (secondary N) is 1. The van der Waals surface area contributed by atoms with E-state index in [4.69, 9.17) is 0 Å². The number of H-pyrrole nitrogens is 1. The Balaban J connectivity index is 1.68. The van der Waals surface area contributed by atoms with Crippen LogP contribution >= 0.6 is 0 Å². The minimum atomic E-state index is -0.213. The van der Waals surface area contributed by atoms with E-state index in [1.165, 1.54) is 30.0 Å². The number of fused-ring (bicyclic) bond motifs is 1. The van der Waals surface area contributed by atoms with E-state index in [0.717, 1.165) is 36.3 Å². The summed E-state index contributed by atoms with van der Waals surface area (Å²) in [6.45, 7) is 4.58. The maximum absolute atomic E-state index is 14.0. The fourth-order valence-electron chi connectivity index (χ4n) is 5.48. The summed E-state index contributed by atoms with van der Waals surface area (Å²) in [5.74, 6) is 0.846. The highest BCUT2D eigenvalue weighted by atomic mass is 19.1. The van der Waals surface area contributed by atoms with Crippen LogP contribution in [0.25, 0.3) is 22.4 Å². The molecule has 0 radical (unpaired) electrons. The molecule has 154 valence electrons. The molecule has 2 aromatic heterocycles. The third-order valence-electron chi connectivity index (χ3n) is 6.69. The number of halogens is 1. The van der Waals surface area contributed by atoms with E-state index in [2.05, 4.69) is 52.3 Å². The van der Waals surface area contributed by atoms with E-state index in [-0.39, 0.29) is 5.82 Å². The summed E-state index contributed by atoms with van der Waals surface area (Å²) in [5, 5.41) is 0. The van der Waals surface area contributed by atoms with Crippen molar-refractivity contribution in [2.75, 3.05) is 13.1 Å². The van der Waals surface area contributed by atoms with Crippen LogP contribution in [0.15, 0.2) is 67.1 Å². The van der Waals surface area contributed by atoms with Gasteiger partial charge in [0, 0.05) is 54.8 Å². The van der Waals surface area contributed by atoms with Crippen molar-refractivity contribution in [3.8, 4) is 22.4 Å². The molecule has 1 saturated heterocycles. The number of benzene rings is 1. The number of rotatable bonds is 5. The fraction of sp³-hybridized carbons (Fsp3) is 0.346. The molecule has 1 aromatic carbocycles. The summed E-state index contributed by atoms with van der Waals surface area (Å²) in [6.07, 6.45) is 14.2. The zero-order valence-corrected chi connectivity index (χ0v) is 17.4. The Morgan fingerprint density at radius 1 is 1.17 bits per heavy atom. The number of nitrogens with zero attached hydrogens (tertiary/aromatic N) is 2. The summed E-state index contributed by atoms with van der Waals surface area (Å²) >= 11 is 0. The molecule has 0 spiro atoms. The average Bonchev–Trinajstić information content (AvgIpc) is 3.35. The zero-order valence-electron chi connectivity index (χ0n) is 17.4. The van der Waals surface area contributed by atoms with Crippen molar-refractivity contribution in [3.63, 3.8) is 0 Å². The van der Waals surface area contributed by atoms with Gasteiger partial charge in [-0.15, -0.1) is 0 Å². The highest BCUT2D eigenvalue weighted by Gasteiger charge is 2.42. The van der Waals surface area contributed by atoms with Gasteiger partial charge in [-0.2, -0.15) is 0 Å². The summed E-state index contributed by atoms with van der Waals surface area (Å²) in [5.41, 5.74) is 5.54. The van der Waals surface area contributed by atoms with Gasteiger partial charge in [0.05, 0.1) is 5.69 Å². The molecule has 3 nitrogen and oxygen atoms in total. The molecule has 0 saturated carbocycles. The van der Waals surface area contributed by atoms with Gasteiger partial charge >= 0.3 is 0 Å². The van der Waals surface area contributed by atoms with Crippen LogP contribution in [0.2, 0.25) is 0 Å². The van der Waals surface area contributed by atoms with E-state index in [9.17, 15) is 4.39 Å². The molecular formula is C26H28FN3. The molecule has 2 aliphatic heterocycles. The predicted octanol–water partition coefficient (Wildman–Crippen LogP) is 6.03. The lowest BCUT2D eigenvalue weighted by atomic mass is 9.79. The molecule has 3 aromatic rings. The minimum absolute atomic E-state index is 0.213. The Hall–Kier alpha value is -2.72. The van der Waals surface area contributed by atoms with E-state index in [0.29, 0.717) is 17.9 Å². The Morgan fingerprint density at radius 3 is 2.83 bits per heavy atom. The Bertz CT molecular complexity index is 1040. The Kier molecular flexibility index (Phi) is 5.26. The molecule has 2 aliphatic rings.